The van der Waals surface area contributed by atoms with E-state index in [-0.39, 0.29) is 18.1 Å². The second-order valence-electron chi connectivity index (χ2n) is 5.65. The molecule has 2 amide bonds. The molecular formula is C13H22N2O3. The number of hydrogen-bond acceptors (Lipinski definition) is 3. The minimum Gasteiger partial charge on any atom is -0.396 e. The first-order chi connectivity index (χ1) is 8.65. The van der Waals surface area contributed by atoms with Gasteiger partial charge in [0.25, 0.3) is 0 Å². The van der Waals surface area contributed by atoms with Crippen LogP contribution in [0.2, 0.25) is 0 Å². The summed E-state index contributed by atoms with van der Waals surface area (Å²) in [6.07, 6.45) is 7.26. The van der Waals surface area contributed by atoms with Crippen molar-refractivity contribution in [1.29, 1.82) is 0 Å². The minimum atomic E-state index is -0.569. The van der Waals surface area contributed by atoms with Gasteiger partial charge in [-0.3, -0.25) is 9.59 Å². The molecule has 5 heteroatoms. The van der Waals surface area contributed by atoms with Crippen LogP contribution >= 0.6 is 0 Å². The standard InChI is InChI=1S/C13H22N2O3/c16-9-13(6-7-13)8-14-11(17)12(18)15-10-4-2-1-3-5-10/h10,16H,1-9H2,(H,14,17)(H,15,18). The zero-order valence-electron chi connectivity index (χ0n) is 10.7. The van der Waals surface area contributed by atoms with Gasteiger partial charge in [0, 0.05) is 18.0 Å². The molecule has 0 bridgehead atoms. The summed E-state index contributed by atoms with van der Waals surface area (Å²) < 4.78 is 0. The molecule has 0 saturated heterocycles. The number of carbonyl (C=O) groups excluding carboxylic acids is 2. The second kappa shape index (κ2) is 5.69. The molecule has 0 atom stereocenters. The van der Waals surface area contributed by atoms with Gasteiger partial charge in [0.05, 0.1) is 6.61 Å². The van der Waals surface area contributed by atoms with E-state index in [1.54, 1.807) is 0 Å². The van der Waals surface area contributed by atoms with Crippen LogP contribution in [0.1, 0.15) is 44.9 Å². The van der Waals surface area contributed by atoms with Crippen LogP contribution in [0.5, 0.6) is 0 Å². The largest absolute Gasteiger partial charge is 0.396 e. The van der Waals surface area contributed by atoms with Gasteiger partial charge in [0.1, 0.15) is 0 Å². The van der Waals surface area contributed by atoms with E-state index in [2.05, 4.69) is 10.6 Å². The first-order valence-corrected chi connectivity index (χ1v) is 6.85. The zero-order valence-corrected chi connectivity index (χ0v) is 10.7. The van der Waals surface area contributed by atoms with Gasteiger partial charge < -0.3 is 15.7 Å². The summed E-state index contributed by atoms with van der Waals surface area (Å²) in [5.74, 6) is -1.10. The molecule has 0 heterocycles. The lowest BCUT2D eigenvalue weighted by Gasteiger charge is -2.22. The van der Waals surface area contributed by atoms with Crippen molar-refractivity contribution < 1.29 is 14.7 Å². The van der Waals surface area contributed by atoms with Gasteiger partial charge in [-0.1, -0.05) is 19.3 Å². The van der Waals surface area contributed by atoms with Gasteiger partial charge in [0.2, 0.25) is 0 Å². The molecule has 2 aliphatic rings. The Kier molecular flexibility index (Phi) is 4.22. The quantitative estimate of drug-likeness (QED) is 0.632. The first-order valence-electron chi connectivity index (χ1n) is 6.85. The van der Waals surface area contributed by atoms with E-state index in [1.165, 1.54) is 6.42 Å². The van der Waals surface area contributed by atoms with Crippen LogP contribution in [0.4, 0.5) is 0 Å². The molecule has 2 aliphatic carbocycles. The van der Waals surface area contributed by atoms with E-state index in [4.69, 9.17) is 5.11 Å². The van der Waals surface area contributed by atoms with Crippen LogP contribution in [-0.4, -0.2) is 36.1 Å². The first kappa shape index (κ1) is 13.3. The fourth-order valence-electron chi connectivity index (χ4n) is 2.41. The highest BCUT2D eigenvalue weighted by atomic mass is 16.3. The van der Waals surface area contributed by atoms with Crippen molar-refractivity contribution in [3.8, 4) is 0 Å². The summed E-state index contributed by atoms with van der Waals surface area (Å²) in [4.78, 5) is 23.3. The molecular weight excluding hydrogens is 232 g/mol. The summed E-state index contributed by atoms with van der Waals surface area (Å²) in [6, 6.07) is 0.157. The van der Waals surface area contributed by atoms with Crippen LogP contribution in [-0.2, 0) is 9.59 Å². The Labute approximate surface area is 107 Å². The lowest BCUT2D eigenvalue weighted by Crippen LogP contribution is -2.46. The molecule has 0 spiro atoms. The smallest absolute Gasteiger partial charge is 0.309 e. The second-order valence-corrected chi connectivity index (χ2v) is 5.65. The van der Waals surface area contributed by atoms with Crippen molar-refractivity contribution in [3.05, 3.63) is 0 Å². The average molecular weight is 254 g/mol. The van der Waals surface area contributed by atoms with Crippen molar-refractivity contribution in [2.75, 3.05) is 13.2 Å². The van der Waals surface area contributed by atoms with Crippen LogP contribution in [0.3, 0.4) is 0 Å². The number of rotatable bonds is 4. The van der Waals surface area contributed by atoms with Crippen LogP contribution < -0.4 is 10.6 Å². The predicted molar refractivity (Wildman–Crippen MR) is 66.8 cm³/mol. The number of aliphatic hydroxyl groups excluding tert-OH is 1. The Morgan fingerprint density at radius 1 is 1.11 bits per heavy atom. The Hall–Kier alpha value is -1.10. The third-order valence-corrected chi connectivity index (χ3v) is 4.06. The average Bonchev–Trinajstić information content (AvgIpc) is 3.18. The third kappa shape index (κ3) is 3.45. The summed E-state index contributed by atoms with van der Waals surface area (Å²) >= 11 is 0. The number of amides is 2. The highest BCUT2D eigenvalue weighted by molar-refractivity contribution is 6.35. The van der Waals surface area contributed by atoms with Crippen LogP contribution in [0, 0.1) is 5.41 Å². The molecule has 5 nitrogen and oxygen atoms in total. The van der Waals surface area contributed by atoms with Crippen molar-refractivity contribution >= 4 is 11.8 Å². The van der Waals surface area contributed by atoms with Gasteiger partial charge in [0.15, 0.2) is 0 Å². The number of nitrogens with one attached hydrogen (secondary N) is 2. The molecule has 0 aromatic heterocycles. The fourth-order valence-corrected chi connectivity index (χ4v) is 2.41. The molecule has 0 unspecified atom stereocenters. The predicted octanol–water partition coefficient (Wildman–Crippen LogP) is 0.324. The molecule has 0 aliphatic heterocycles. The molecule has 2 fully saturated rings. The van der Waals surface area contributed by atoms with Crippen molar-refractivity contribution in [3.63, 3.8) is 0 Å². The van der Waals surface area contributed by atoms with Crippen molar-refractivity contribution in [2.45, 2.75) is 51.0 Å². The zero-order chi connectivity index (χ0) is 13.0. The van der Waals surface area contributed by atoms with Gasteiger partial charge in [-0.05, 0) is 25.7 Å². The molecule has 0 aromatic carbocycles. The van der Waals surface area contributed by atoms with E-state index < -0.39 is 11.8 Å². The highest BCUT2D eigenvalue weighted by Crippen LogP contribution is 2.44. The maximum atomic E-state index is 11.7. The van der Waals surface area contributed by atoms with Crippen molar-refractivity contribution in [2.24, 2.45) is 5.41 Å². The Morgan fingerprint density at radius 2 is 1.78 bits per heavy atom. The molecule has 3 N–H and O–H groups in total. The molecule has 0 radical (unpaired) electrons. The number of hydrogen-bond donors (Lipinski definition) is 3. The van der Waals surface area contributed by atoms with Gasteiger partial charge in [-0.15, -0.1) is 0 Å². The Bertz CT molecular complexity index is 320. The topological polar surface area (TPSA) is 78.4 Å². The van der Waals surface area contributed by atoms with E-state index >= 15 is 0 Å². The van der Waals surface area contributed by atoms with Crippen molar-refractivity contribution in [1.82, 2.24) is 10.6 Å². The molecule has 2 rings (SSSR count). The molecule has 18 heavy (non-hydrogen) atoms. The lowest BCUT2D eigenvalue weighted by molar-refractivity contribution is -0.139. The van der Waals surface area contributed by atoms with E-state index in [0.29, 0.717) is 6.54 Å². The molecule has 2 saturated carbocycles. The molecule has 102 valence electrons. The van der Waals surface area contributed by atoms with Gasteiger partial charge in [-0.25, -0.2) is 0 Å². The van der Waals surface area contributed by atoms with E-state index in [9.17, 15) is 9.59 Å². The highest BCUT2D eigenvalue weighted by Gasteiger charge is 2.42. The summed E-state index contributed by atoms with van der Waals surface area (Å²) in [5, 5.41) is 14.5. The normalized spacial score (nSPS) is 22.3. The maximum absolute atomic E-state index is 11.7. The maximum Gasteiger partial charge on any atom is 0.309 e. The number of aliphatic hydroxyl groups is 1. The lowest BCUT2D eigenvalue weighted by atomic mass is 9.95. The fraction of sp³-hybridized carbons (Fsp3) is 0.846. The third-order valence-electron chi connectivity index (χ3n) is 4.06. The van der Waals surface area contributed by atoms with Gasteiger partial charge in [-0.2, -0.15) is 0 Å². The Balaban J connectivity index is 1.69. The SMILES string of the molecule is O=C(NCC1(CO)CC1)C(=O)NC1CCCCC1. The van der Waals surface area contributed by atoms with Crippen LogP contribution in [0.25, 0.3) is 0 Å². The molecule has 0 aromatic rings. The monoisotopic (exact) mass is 254 g/mol. The number of carbonyl (C=O) groups is 2. The van der Waals surface area contributed by atoms with Crippen LogP contribution in [0.15, 0.2) is 0 Å². The van der Waals surface area contributed by atoms with Gasteiger partial charge >= 0.3 is 11.8 Å². The summed E-state index contributed by atoms with van der Waals surface area (Å²) in [7, 11) is 0. The van der Waals surface area contributed by atoms with E-state index in [1.807, 2.05) is 0 Å². The minimum absolute atomic E-state index is 0.0809. The summed E-state index contributed by atoms with van der Waals surface area (Å²) in [5.41, 5.74) is -0.152. The Morgan fingerprint density at radius 3 is 2.33 bits per heavy atom. The summed E-state index contributed by atoms with van der Waals surface area (Å²) in [6.45, 7) is 0.484. The van der Waals surface area contributed by atoms with E-state index in [0.717, 1.165) is 38.5 Å².